The van der Waals surface area contributed by atoms with Crippen molar-refractivity contribution < 1.29 is 24.0 Å². The number of hydrogen-bond acceptors (Lipinski definition) is 5. The average Bonchev–Trinajstić information content (AvgIpc) is 3.60. The minimum absolute atomic E-state index is 0.287. The summed E-state index contributed by atoms with van der Waals surface area (Å²) in [6, 6.07) is 21.6. The maximum atomic E-state index is 11.7. The number of nitrogens with zero attached hydrogens (tertiary/aromatic N) is 3. The lowest BCUT2D eigenvalue weighted by Crippen LogP contribution is -2.26. The first-order chi connectivity index (χ1) is 22.4. The molecule has 7 nitrogen and oxygen atoms in total. The molecular formula is C40H42N3O4+. The molecule has 0 spiro atoms. The Bertz CT molecular complexity index is 1940. The monoisotopic (exact) mass is 628 g/mol. The molecule has 0 atom stereocenters. The summed E-state index contributed by atoms with van der Waals surface area (Å²) in [4.78, 5) is 27.2. The summed E-state index contributed by atoms with van der Waals surface area (Å²) in [7, 11) is 6.27. The molecule has 0 unspecified atom stereocenters. The highest BCUT2D eigenvalue weighted by Crippen LogP contribution is 2.48. The largest absolute Gasteiger partial charge is 0.478 e. The standard InChI is InChI=1S/C40H41N3O4/c1-39(2)31-23-28(38(45)46)15-19-33(31)42(6)35(39)21-16-26-13-14-27(37(26)41(5)29-11-9-8-10-12-29)17-22-36-40(3,4)32-24-30(47-25-44)18-20-34(32)43(36)7/h8-12,15-25H,13-14H2,1-7H3/p+1. The van der Waals surface area contributed by atoms with Gasteiger partial charge in [0.15, 0.2) is 5.71 Å². The number of carboxylic acids is 1. The van der Waals surface area contributed by atoms with Gasteiger partial charge in [-0.05, 0) is 91.9 Å². The maximum absolute atomic E-state index is 11.7. The summed E-state index contributed by atoms with van der Waals surface area (Å²) in [5, 5.41) is 9.62. The Morgan fingerprint density at radius 1 is 0.936 bits per heavy atom. The first-order valence-electron chi connectivity index (χ1n) is 16.0. The van der Waals surface area contributed by atoms with Crippen LogP contribution in [0.25, 0.3) is 0 Å². The fourth-order valence-corrected chi connectivity index (χ4v) is 7.52. The van der Waals surface area contributed by atoms with Gasteiger partial charge in [-0.25, -0.2) is 4.79 Å². The molecule has 0 aromatic heterocycles. The minimum atomic E-state index is -0.915. The van der Waals surface area contributed by atoms with Gasteiger partial charge in [0.05, 0.1) is 11.0 Å². The normalized spacial score (nSPS) is 19.6. The number of likely N-dealkylation sites (N-methyl/N-ethyl adjacent to an activating group) is 2. The van der Waals surface area contributed by atoms with E-state index in [1.807, 2.05) is 36.4 Å². The maximum Gasteiger partial charge on any atom is 0.335 e. The fourth-order valence-electron chi connectivity index (χ4n) is 7.52. The highest BCUT2D eigenvalue weighted by Gasteiger charge is 2.43. The van der Waals surface area contributed by atoms with Crippen molar-refractivity contribution in [2.24, 2.45) is 0 Å². The number of carbonyl (C=O) groups excluding carboxylic acids is 1. The minimum Gasteiger partial charge on any atom is -0.478 e. The molecule has 3 aromatic carbocycles. The second-order valence-electron chi connectivity index (χ2n) is 13.5. The van der Waals surface area contributed by atoms with E-state index in [0.717, 1.165) is 52.4 Å². The van der Waals surface area contributed by atoms with Crippen molar-refractivity contribution in [3.8, 4) is 5.75 Å². The van der Waals surface area contributed by atoms with Crippen molar-refractivity contribution in [1.82, 2.24) is 0 Å². The zero-order chi connectivity index (χ0) is 33.7. The van der Waals surface area contributed by atoms with Crippen LogP contribution in [0.15, 0.2) is 114 Å². The van der Waals surface area contributed by atoms with Crippen LogP contribution >= 0.6 is 0 Å². The number of benzene rings is 3. The van der Waals surface area contributed by atoms with Gasteiger partial charge in [0.1, 0.15) is 12.8 Å². The van der Waals surface area contributed by atoms with Gasteiger partial charge in [-0.1, -0.05) is 44.2 Å². The summed E-state index contributed by atoms with van der Waals surface area (Å²) in [5.74, 6) is -0.372. The van der Waals surface area contributed by atoms with Gasteiger partial charge >= 0.3 is 5.97 Å². The SMILES string of the molecule is CN(C1=C(C=CC2=[N+](C)c3ccc(OC=O)cc3C2(C)C)CC/C1=C\C=C1N(C)c2ccc(C(=O)O)cc2C1(C)C)c1ccccc1. The molecule has 2 aliphatic heterocycles. The van der Waals surface area contributed by atoms with E-state index in [4.69, 9.17) is 4.74 Å². The molecule has 3 aliphatic rings. The Balaban J connectivity index is 1.40. The summed E-state index contributed by atoms with van der Waals surface area (Å²) >= 11 is 0. The number of anilines is 2. The van der Waals surface area contributed by atoms with Crippen LogP contribution in [0, 0.1) is 0 Å². The highest BCUT2D eigenvalue weighted by atomic mass is 16.5. The second kappa shape index (κ2) is 11.9. The van der Waals surface area contributed by atoms with Gasteiger partial charge < -0.3 is 19.6 Å². The molecule has 1 N–H and O–H groups in total. The quantitative estimate of drug-likeness (QED) is 0.202. The van der Waals surface area contributed by atoms with Crippen molar-refractivity contribution in [2.45, 2.75) is 51.4 Å². The number of rotatable bonds is 8. The first-order valence-corrected chi connectivity index (χ1v) is 16.0. The van der Waals surface area contributed by atoms with E-state index in [0.29, 0.717) is 17.8 Å². The van der Waals surface area contributed by atoms with E-state index in [1.54, 1.807) is 6.07 Å². The van der Waals surface area contributed by atoms with Gasteiger partial charge in [0, 0.05) is 60.0 Å². The van der Waals surface area contributed by atoms with E-state index < -0.39 is 5.97 Å². The van der Waals surface area contributed by atoms with Gasteiger partial charge in [0.2, 0.25) is 5.69 Å². The molecule has 3 aromatic rings. The molecule has 1 aliphatic carbocycles. The van der Waals surface area contributed by atoms with Gasteiger partial charge in [0.25, 0.3) is 6.47 Å². The summed E-state index contributed by atoms with van der Waals surface area (Å²) < 4.78 is 7.39. The van der Waals surface area contributed by atoms with E-state index in [9.17, 15) is 14.7 Å². The number of fused-ring (bicyclic) bond motifs is 2. The van der Waals surface area contributed by atoms with Crippen LogP contribution < -0.4 is 14.5 Å². The Labute approximate surface area is 277 Å². The van der Waals surface area contributed by atoms with Crippen molar-refractivity contribution >= 4 is 35.2 Å². The van der Waals surface area contributed by atoms with E-state index in [-0.39, 0.29) is 10.8 Å². The van der Waals surface area contributed by atoms with Crippen LogP contribution in [0.5, 0.6) is 5.75 Å². The number of carboxylic acid groups (broad SMARTS) is 1. The van der Waals surface area contributed by atoms with E-state index in [2.05, 4.69) is 112 Å². The summed E-state index contributed by atoms with van der Waals surface area (Å²) in [6.45, 7) is 9.19. The molecule has 0 bridgehead atoms. The Morgan fingerprint density at radius 2 is 1.68 bits per heavy atom. The molecule has 0 radical (unpaired) electrons. The van der Waals surface area contributed by atoms with Gasteiger partial charge in [-0.15, -0.1) is 0 Å². The number of allylic oxidation sites excluding steroid dienone is 7. The smallest absolute Gasteiger partial charge is 0.335 e. The molecule has 240 valence electrons. The summed E-state index contributed by atoms with van der Waals surface area (Å²) in [5.41, 5.74) is 11.0. The molecule has 7 heteroatoms. The fraction of sp³-hybridized carbons (Fsp3) is 0.275. The van der Waals surface area contributed by atoms with Crippen molar-refractivity contribution in [1.29, 1.82) is 0 Å². The molecule has 47 heavy (non-hydrogen) atoms. The van der Waals surface area contributed by atoms with Crippen LogP contribution in [0.3, 0.4) is 0 Å². The van der Waals surface area contributed by atoms with Crippen molar-refractivity contribution in [3.63, 3.8) is 0 Å². The third kappa shape index (κ3) is 5.39. The molecular weight excluding hydrogens is 586 g/mol. The van der Waals surface area contributed by atoms with Gasteiger partial charge in [-0.3, -0.25) is 4.79 Å². The predicted octanol–water partition coefficient (Wildman–Crippen LogP) is 7.90. The van der Waals surface area contributed by atoms with E-state index in [1.165, 1.54) is 16.8 Å². The Morgan fingerprint density at radius 3 is 2.38 bits per heavy atom. The third-order valence-electron chi connectivity index (χ3n) is 10.1. The molecule has 0 amide bonds. The van der Waals surface area contributed by atoms with Crippen LogP contribution in [-0.4, -0.2) is 49.0 Å². The first kappa shape index (κ1) is 31.8. The number of para-hydroxylation sites is 1. The van der Waals surface area contributed by atoms with Crippen LogP contribution in [0.1, 0.15) is 62.0 Å². The lowest BCUT2D eigenvalue weighted by Gasteiger charge is -2.25. The number of hydrogen-bond donors (Lipinski definition) is 1. The van der Waals surface area contributed by atoms with Gasteiger partial charge in [-0.2, -0.15) is 4.58 Å². The molecule has 0 fully saturated rings. The predicted molar refractivity (Wildman–Crippen MR) is 188 cm³/mol. The van der Waals surface area contributed by atoms with Crippen LogP contribution in [0.2, 0.25) is 0 Å². The van der Waals surface area contributed by atoms with E-state index >= 15 is 0 Å². The van der Waals surface area contributed by atoms with Crippen molar-refractivity contribution in [3.05, 3.63) is 130 Å². The highest BCUT2D eigenvalue weighted by molar-refractivity contribution is 6.03. The van der Waals surface area contributed by atoms with Crippen molar-refractivity contribution in [2.75, 3.05) is 30.9 Å². The topological polar surface area (TPSA) is 73.1 Å². The lowest BCUT2D eigenvalue weighted by atomic mass is 9.81. The number of ether oxygens (including phenoxy) is 1. The number of aromatic carboxylic acids is 1. The second-order valence-corrected chi connectivity index (χ2v) is 13.5. The molecule has 2 heterocycles. The Kier molecular flexibility index (Phi) is 8.04. The molecule has 0 saturated heterocycles. The average molecular weight is 629 g/mol. The third-order valence-corrected chi connectivity index (χ3v) is 10.1. The molecule has 6 rings (SSSR count). The van der Waals surface area contributed by atoms with Crippen LogP contribution in [0.4, 0.5) is 17.1 Å². The summed E-state index contributed by atoms with van der Waals surface area (Å²) in [6.07, 6.45) is 10.8. The lowest BCUT2D eigenvalue weighted by molar-refractivity contribution is -0.401. The Hall–Kier alpha value is -5.17. The van der Waals surface area contributed by atoms with Crippen LogP contribution in [-0.2, 0) is 15.6 Å². The zero-order valence-corrected chi connectivity index (χ0v) is 28.2. The molecule has 0 saturated carbocycles. The number of carbonyl (C=O) groups is 2. The zero-order valence-electron chi connectivity index (χ0n) is 28.2.